The SMILES string of the molecule is CF.CF.Cc1ccccc1. The van der Waals surface area contributed by atoms with Crippen molar-refractivity contribution in [1.82, 2.24) is 0 Å². The zero-order valence-corrected chi connectivity index (χ0v) is 7.14. The summed E-state index contributed by atoms with van der Waals surface area (Å²) in [7, 11) is 1.00. The topological polar surface area (TPSA) is 0 Å². The Bertz CT molecular complexity index is 137. The van der Waals surface area contributed by atoms with Crippen LogP contribution in [0.25, 0.3) is 0 Å². The summed E-state index contributed by atoms with van der Waals surface area (Å²) in [6, 6.07) is 10.3. The minimum Gasteiger partial charge on any atom is -0.255 e. The Morgan fingerprint density at radius 3 is 1.36 bits per heavy atom. The van der Waals surface area contributed by atoms with Gasteiger partial charge >= 0.3 is 0 Å². The molecule has 0 spiro atoms. The third-order valence-electron chi connectivity index (χ3n) is 0.940. The second-order valence-corrected chi connectivity index (χ2v) is 1.65. The van der Waals surface area contributed by atoms with Crippen molar-refractivity contribution >= 4 is 0 Å². The maximum Gasteiger partial charge on any atom is 0.0785 e. The fourth-order valence-corrected chi connectivity index (χ4v) is 0.534. The third kappa shape index (κ3) is 9.08. The van der Waals surface area contributed by atoms with Crippen molar-refractivity contribution in [1.29, 1.82) is 0 Å². The molecule has 0 heterocycles. The van der Waals surface area contributed by atoms with E-state index in [1.54, 1.807) is 0 Å². The monoisotopic (exact) mass is 160 g/mol. The standard InChI is InChI=1S/C7H8.2CH3F/c1-7-5-3-2-4-6-7;2*1-2/h2-6H,1H3;2*1H3. The molecule has 0 nitrogen and oxygen atoms in total. The predicted molar refractivity (Wildman–Crippen MR) is 45.2 cm³/mol. The number of rotatable bonds is 0. The fraction of sp³-hybridized carbons (Fsp3) is 0.333. The maximum atomic E-state index is 9.50. The summed E-state index contributed by atoms with van der Waals surface area (Å²) in [5, 5.41) is 0. The second-order valence-electron chi connectivity index (χ2n) is 1.65. The molecule has 0 saturated carbocycles. The Balaban J connectivity index is 0. The molecular formula is C9H14F2. The Labute approximate surface area is 66.9 Å². The van der Waals surface area contributed by atoms with E-state index in [1.807, 2.05) is 18.2 Å². The second kappa shape index (κ2) is 11.8. The van der Waals surface area contributed by atoms with Crippen LogP contribution in [0.4, 0.5) is 8.78 Å². The average Bonchev–Trinajstić information content (AvgIpc) is 2.13. The van der Waals surface area contributed by atoms with Crippen LogP contribution in [0.3, 0.4) is 0 Å². The number of hydrogen-bond acceptors (Lipinski definition) is 0. The van der Waals surface area contributed by atoms with Crippen molar-refractivity contribution in [3.63, 3.8) is 0 Å². The molecule has 1 rings (SSSR count). The molecule has 0 saturated heterocycles. The van der Waals surface area contributed by atoms with E-state index in [9.17, 15) is 8.78 Å². The Morgan fingerprint density at radius 1 is 0.818 bits per heavy atom. The molecule has 0 aromatic heterocycles. The Kier molecular flexibility index (Phi) is 13.7. The van der Waals surface area contributed by atoms with Crippen molar-refractivity contribution in [2.45, 2.75) is 6.92 Å². The number of hydrogen-bond donors (Lipinski definition) is 0. The fourth-order valence-electron chi connectivity index (χ4n) is 0.534. The van der Waals surface area contributed by atoms with E-state index >= 15 is 0 Å². The van der Waals surface area contributed by atoms with Gasteiger partial charge in [0, 0.05) is 0 Å². The van der Waals surface area contributed by atoms with Gasteiger partial charge in [0.2, 0.25) is 0 Å². The van der Waals surface area contributed by atoms with Crippen LogP contribution in [0.1, 0.15) is 5.56 Å². The minimum absolute atomic E-state index is 0.500. The molecule has 11 heavy (non-hydrogen) atoms. The predicted octanol–water partition coefficient (Wildman–Crippen LogP) is 3.17. The van der Waals surface area contributed by atoms with Gasteiger partial charge < -0.3 is 0 Å². The number of halogens is 2. The molecular weight excluding hydrogens is 146 g/mol. The van der Waals surface area contributed by atoms with Gasteiger partial charge in [0.1, 0.15) is 0 Å². The molecule has 0 bridgehead atoms. The maximum absolute atomic E-state index is 9.50. The molecule has 2 heteroatoms. The van der Waals surface area contributed by atoms with Crippen molar-refractivity contribution in [2.24, 2.45) is 0 Å². The lowest BCUT2D eigenvalue weighted by atomic mass is 10.2. The molecule has 0 amide bonds. The van der Waals surface area contributed by atoms with Gasteiger partial charge in [0.15, 0.2) is 0 Å². The third-order valence-corrected chi connectivity index (χ3v) is 0.940. The first kappa shape index (κ1) is 12.7. The molecule has 0 N–H and O–H groups in total. The highest BCUT2D eigenvalue weighted by atomic mass is 19.1. The van der Waals surface area contributed by atoms with Gasteiger partial charge in [-0.1, -0.05) is 35.9 Å². The zero-order valence-electron chi connectivity index (χ0n) is 7.14. The Hall–Kier alpha value is -0.920. The van der Waals surface area contributed by atoms with Crippen molar-refractivity contribution in [3.8, 4) is 0 Å². The van der Waals surface area contributed by atoms with Gasteiger partial charge in [-0.05, 0) is 6.92 Å². The highest BCUT2D eigenvalue weighted by molar-refractivity contribution is 5.11. The summed E-state index contributed by atoms with van der Waals surface area (Å²) in [6.07, 6.45) is 0. The lowest BCUT2D eigenvalue weighted by Gasteiger charge is -1.82. The van der Waals surface area contributed by atoms with Crippen molar-refractivity contribution in [2.75, 3.05) is 14.4 Å². The average molecular weight is 160 g/mol. The smallest absolute Gasteiger partial charge is 0.0785 e. The quantitative estimate of drug-likeness (QED) is 0.547. The summed E-state index contributed by atoms with van der Waals surface area (Å²) < 4.78 is 19.0. The van der Waals surface area contributed by atoms with Gasteiger partial charge in [0.25, 0.3) is 0 Å². The molecule has 0 unspecified atom stereocenters. The lowest BCUT2D eigenvalue weighted by Crippen LogP contribution is -1.62. The number of aryl methyl sites for hydroxylation is 1. The lowest BCUT2D eigenvalue weighted by molar-refractivity contribution is 0.635. The highest BCUT2D eigenvalue weighted by Crippen LogP contribution is 1.92. The molecule has 0 aliphatic carbocycles. The molecule has 0 atom stereocenters. The van der Waals surface area contributed by atoms with E-state index < -0.39 is 0 Å². The van der Waals surface area contributed by atoms with E-state index in [2.05, 4.69) is 19.1 Å². The van der Waals surface area contributed by atoms with E-state index in [-0.39, 0.29) is 0 Å². The first-order chi connectivity index (χ1) is 5.39. The van der Waals surface area contributed by atoms with Gasteiger partial charge in [-0.3, -0.25) is 8.78 Å². The van der Waals surface area contributed by atoms with Crippen LogP contribution in [0.15, 0.2) is 30.3 Å². The van der Waals surface area contributed by atoms with Crippen LogP contribution in [0, 0.1) is 6.92 Å². The normalized spacial score (nSPS) is 6.64. The molecule has 0 aliphatic rings. The van der Waals surface area contributed by atoms with E-state index in [1.165, 1.54) is 5.56 Å². The summed E-state index contributed by atoms with van der Waals surface area (Å²) >= 11 is 0. The summed E-state index contributed by atoms with van der Waals surface area (Å²) in [5.74, 6) is 0. The van der Waals surface area contributed by atoms with Crippen LogP contribution in [0.5, 0.6) is 0 Å². The van der Waals surface area contributed by atoms with Gasteiger partial charge in [0.05, 0.1) is 14.4 Å². The van der Waals surface area contributed by atoms with Crippen molar-refractivity contribution < 1.29 is 8.78 Å². The van der Waals surface area contributed by atoms with E-state index in [4.69, 9.17) is 0 Å². The van der Waals surface area contributed by atoms with Crippen LogP contribution in [-0.4, -0.2) is 14.4 Å². The Morgan fingerprint density at radius 2 is 1.18 bits per heavy atom. The molecule has 64 valence electrons. The molecule has 1 aromatic carbocycles. The molecule has 0 aliphatic heterocycles. The highest BCUT2D eigenvalue weighted by Gasteiger charge is 1.72. The summed E-state index contributed by atoms with van der Waals surface area (Å²) in [6.45, 7) is 2.08. The van der Waals surface area contributed by atoms with E-state index in [0.29, 0.717) is 14.4 Å². The van der Waals surface area contributed by atoms with Crippen LogP contribution in [-0.2, 0) is 0 Å². The van der Waals surface area contributed by atoms with Crippen LogP contribution < -0.4 is 0 Å². The molecule has 0 radical (unpaired) electrons. The van der Waals surface area contributed by atoms with Crippen molar-refractivity contribution in [3.05, 3.63) is 35.9 Å². The summed E-state index contributed by atoms with van der Waals surface area (Å²) in [4.78, 5) is 0. The zero-order chi connectivity index (χ0) is 9.11. The summed E-state index contributed by atoms with van der Waals surface area (Å²) in [5.41, 5.74) is 1.32. The number of alkyl halides is 2. The largest absolute Gasteiger partial charge is 0.255 e. The first-order valence-electron chi connectivity index (χ1n) is 3.17. The van der Waals surface area contributed by atoms with E-state index in [0.717, 1.165) is 0 Å². The van der Waals surface area contributed by atoms with Gasteiger partial charge in [-0.25, -0.2) is 0 Å². The minimum atomic E-state index is 0.500. The molecule has 0 fully saturated rings. The van der Waals surface area contributed by atoms with Crippen LogP contribution in [0.2, 0.25) is 0 Å². The van der Waals surface area contributed by atoms with Gasteiger partial charge in [-0.15, -0.1) is 0 Å². The molecule has 1 aromatic rings. The first-order valence-corrected chi connectivity index (χ1v) is 3.17. The van der Waals surface area contributed by atoms with Crippen LogP contribution >= 0.6 is 0 Å². The van der Waals surface area contributed by atoms with Gasteiger partial charge in [-0.2, -0.15) is 0 Å². The number of benzene rings is 1.